The van der Waals surface area contributed by atoms with E-state index in [1.54, 1.807) is 0 Å². The fraction of sp³-hybridized carbons (Fsp3) is 0.500. The van der Waals surface area contributed by atoms with E-state index in [4.69, 9.17) is 5.73 Å². The summed E-state index contributed by atoms with van der Waals surface area (Å²) in [6, 6.07) is 3.93. The predicted octanol–water partition coefficient (Wildman–Crippen LogP) is 1.63. The highest BCUT2D eigenvalue weighted by atomic mass is 35.5. The van der Waals surface area contributed by atoms with E-state index in [1.165, 1.54) is 23.1 Å². The lowest BCUT2D eigenvalue weighted by Gasteiger charge is -2.20. The summed E-state index contributed by atoms with van der Waals surface area (Å²) in [4.78, 5) is 25.6. The molecule has 2 unspecified atom stereocenters. The molecule has 6 nitrogen and oxygen atoms in total. The van der Waals surface area contributed by atoms with Gasteiger partial charge in [-0.05, 0) is 43.5 Å². The largest absolute Gasteiger partial charge is 0.349 e. The molecule has 1 aliphatic carbocycles. The van der Waals surface area contributed by atoms with Gasteiger partial charge in [0, 0.05) is 24.8 Å². The number of anilines is 1. The Bertz CT molecular complexity index is 628. The molecule has 1 aromatic carbocycles. The minimum absolute atomic E-state index is 0. The zero-order valence-electron chi connectivity index (χ0n) is 13.3. The van der Waals surface area contributed by atoms with E-state index in [2.05, 4.69) is 10.6 Å². The average molecular weight is 357 g/mol. The molecule has 1 heterocycles. The molecule has 1 saturated carbocycles. The highest BCUT2D eigenvalue weighted by Gasteiger charge is 2.29. The van der Waals surface area contributed by atoms with Gasteiger partial charge in [0.05, 0.1) is 5.56 Å². The molecule has 8 heteroatoms. The molecule has 3 rings (SSSR count). The zero-order valence-corrected chi connectivity index (χ0v) is 14.1. The number of carbonyl (C=O) groups excluding carboxylic acids is 2. The highest BCUT2D eigenvalue weighted by molar-refractivity contribution is 5.98. The van der Waals surface area contributed by atoms with Crippen molar-refractivity contribution in [1.82, 2.24) is 10.6 Å². The Balaban J connectivity index is 0.00000208. The predicted molar refractivity (Wildman–Crippen MR) is 92.0 cm³/mol. The molecule has 0 radical (unpaired) electrons. The van der Waals surface area contributed by atoms with Crippen molar-refractivity contribution >= 4 is 30.0 Å². The van der Waals surface area contributed by atoms with Crippen molar-refractivity contribution in [1.29, 1.82) is 0 Å². The van der Waals surface area contributed by atoms with Crippen LogP contribution < -0.4 is 21.3 Å². The zero-order chi connectivity index (χ0) is 16.4. The van der Waals surface area contributed by atoms with E-state index in [0.29, 0.717) is 25.3 Å². The van der Waals surface area contributed by atoms with Crippen LogP contribution in [0.4, 0.5) is 14.9 Å². The second-order valence-corrected chi connectivity index (χ2v) is 6.05. The number of rotatable bonds is 4. The van der Waals surface area contributed by atoms with Crippen LogP contribution in [0.2, 0.25) is 0 Å². The Kier molecular flexibility index (Phi) is 6.01. The van der Waals surface area contributed by atoms with E-state index in [0.717, 1.165) is 19.3 Å². The summed E-state index contributed by atoms with van der Waals surface area (Å²) in [6.45, 7) is 1.56. The fourth-order valence-electron chi connectivity index (χ4n) is 3.33. The quantitative estimate of drug-likeness (QED) is 0.766. The number of amides is 3. The van der Waals surface area contributed by atoms with Gasteiger partial charge in [-0.15, -0.1) is 12.4 Å². The smallest absolute Gasteiger partial charge is 0.321 e. The van der Waals surface area contributed by atoms with Gasteiger partial charge in [-0.2, -0.15) is 0 Å². The van der Waals surface area contributed by atoms with Crippen LogP contribution in [-0.2, 0) is 0 Å². The van der Waals surface area contributed by atoms with Crippen molar-refractivity contribution < 1.29 is 14.0 Å². The Hall–Kier alpha value is -1.86. The van der Waals surface area contributed by atoms with E-state index < -0.39 is 11.7 Å². The van der Waals surface area contributed by atoms with Gasteiger partial charge in [0.15, 0.2) is 0 Å². The van der Waals surface area contributed by atoms with Gasteiger partial charge in [0.2, 0.25) is 0 Å². The van der Waals surface area contributed by atoms with Crippen molar-refractivity contribution in [2.75, 3.05) is 24.5 Å². The van der Waals surface area contributed by atoms with Gasteiger partial charge in [-0.3, -0.25) is 9.69 Å². The van der Waals surface area contributed by atoms with E-state index in [1.807, 2.05) is 0 Å². The molecule has 0 spiro atoms. The number of halogens is 2. The molecule has 1 saturated heterocycles. The number of nitrogens with two attached hydrogens (primary N) is 1. The molecule has 2 fully saturated rings. The maximum absolute atomic E-state index is 14.1. The number of hydrogen-bond donors (Lipinski definition) is 3. The van der Waals surface area contributed by atoms with Crippen molar-refractivity contribution in [3.8, 4) is 0 Å². The minimum atomic E-state index is -0.590. The lowest BCUT2D eigenvalue weighted by Crippen LogP contribution is -2.40. The molecule has 0 bridgehead atoms. The first kappa shape index (κ1) is 18.5. The third-order valence-corrected chi connectivity index (χ3v) is 4.64. The van der Waals surface area contributed by atoms with Crippen molar-refractivity contribution in [2.45, 2.75) is 25.3 Å². The third kappa shape index (κ3) is 3.62. The van der Waals surface area contributed by atoms with E-state index in [9.17, 15) is 14.0 Å². The lowest BCUT2D eigenvalue weighted by atomic mass is 10.0. The van der Waals surface area contributed by atoms with Crippen LogP contribution in [0.3, 0.4) is 0 Å². The molecular weight excluding hydrogens is 335 g/mol. The Morgan fingerprint density at radius 1 is 1.42 bits per heavy atom. The standard InChI is InChI=1S/C16H21FN4O2.ClH/c17-13-5-4-11(21-7-6-19-16(21)23)8-12(13)15(22)20-14-3-1-2-10(14)9-18;/h4-5,8,10,14H,1-3,6-7,9,18H2,(H,19,23)(H,20,22);1H. The first-order valence-electron chi connectivity index (χ1n) is 7.96. The second kappa shape index (κ2) is 7.81. The molecule has 0 aromatic heterocycles. The second-order valence-electron chi connectivity index (χ2n) is 6.05. The number of hydrogen-bond acceptors (Lipinski definition) is 3. The van der Waals surface area contributed by atoms with Crippen molar-refractivity contribution in [3.05, 3.63) is 29.6 Å². The summed E-state index contributed by atoms with van der Waals surface area (Å²) >= 11 is 0. The molecule has 2 atom stereocenters. The van der Waals surface area contributed by atoms with Crippen molar-refractivity contribution in [3.63, 3.8) is 0 Å². The number of nitrogens with zero attached hydrogens (tertiary/aromatic N) is 1. The monoisotopic (exact) mass is 356 g/mol. The summed E-state index contributed by atoms with van der Waals surface area (Å²) in [5.74, 6) is -0.794. The number of nitrogens with one attached hydrogen (secondary N) is 2. The summed E-state index contributed by atoms with van der Waals surface area (Å²) in [6.07, 6.45) is 2.87. The molecule has 4 N–H and O–H groups in total. The molecule has 1 aliphatic heterocycles. The highest BCUT2D eigenvalue weighted by Crippen LogP contribution is 2.26. The van der Waals surface area contributed by atoms with Crippen LogP contribution in [0.5, 0.6) is 0 Å². The van der Waals surface area contributed by atoms with Crippen LogP contribution in [-0.4, -0.2) is 37.6 Å². The number of urea groups is 1. The molecule has 24 heavy (non-hydrogen) atoms. The number of benzene rings is 1. The number of carbonyl (C=O) groups is 2. The average Bonchev–Trinajstić information content (AvgIpc) is 3.16. The van der Waals surface area contributed by atoms with Crippen LogP contribution in [0.15, 0.2) is 18.2 Å². The Morgan fingerprint density at radius 2 is 2.21 bits per heavy atom. The molecular formula is C16H22ClFN4O2. The Morgan fingerprint density at radius 3 is 2.88 bits per heavy atom. The van der Waals surface area contributed by atoms with Gasteiger partial charge in [-0.1, -0.05) is 6.42 Å². The van der Waals surface area contributed by atoms with Gasteiger partial charge in [0.25, 0.3) is 5.91 Å². The summed E-state index contributed by atoms with van der Waals surface area (Å²) in [7, 11) is 0. The van der Waals surface area contributed by atoms with Gasteiger partial charge < -0.3 is 16.4 Å². The topological polar surface area (TPSA) is 87.5 Å². The molecule has 132 valence electrons. The summed E-state index contributed by atoms with van der Waals surface area (Å²) < 4.78 is 14.1. The van der Waals surface area contributed by atoms with Crippen LogP contribution in [0.25, 0.3) is 0 Å². The van der Waals surface area contributed by atoms with Crippen LogP contribution in [0.1, 0.15) is 29.6 Å². The van der Waals surface area contributed by atoms with E-state index >= 15 is 0 Å². The lowest BCUT2D eigenvalue weighted by molar-refractivity contribution is 0.0924. The maximum atomic E-state index is 14.1. The molecule has 2 aliphatic rings. The maximum Gasteiger partial charge on any atom is 0.321 e. The van der Waals surface area contributed by atoms with Crippen LogP contribution >= 0.6 is 12.4 Å². The fourth-order valence-corrected chi connectivity index (χ4v) is 3.33. The summed E-state index contributed by atoms with van der Waals surface area (Å²) in [5, 5.41) is 5.57. The molecule has 3 amide bonds. The van der Waals surface area contributed by atoms with Gasteiger partial charge >= 0.3 is 6.03 Å². The normalized spacial score (nSPS) is 22.9. The van der Waals surface area contributed by atoms with Crippen molar-refractivity contribution in [2.24, 2.45) is 11.7 Å². The van der Waals surface area contributed by atoms with Gasteiger partial charge in [0.1, 0.15) is 5.82 Å². The third-order valence-electron chi connectivity index (χ3n) is 4.64. The summed E-state index contributed by atoms with van der Waals surface area (Å²) in [5.41, 5.74) is 6.20. The first-order chi connectivity index (χ1) is 11.1. The minimum Gasteiger partial charge on any atom is -0.349 e. The SMILES string of the molecule is Cl.NCC1CCCC1NC(=O)c1cc(N2CCNC2=O)ccc1F. The first-order valence-corrected chi connectivity index (χ1v) is 7.96. The molecule has 1 aromatic rings. The Labute approximate surface area is 146 Å². The van der Waals surface area contributed by atoms with Gasteiger partial charge in [-0.25, -0.2) is 9.18 Å². The van der Waals surface area contributed by atoms with Crippen LogP contribution in [0, 0.1) is 11.7 Å². The van der Waals surface area contributed by atoms with E-state index in [-0.39, 0.29) is 36.0 Å².